The summed E-state index contributed by atoms with van der Waals surface area (Å²) in [5, 5.41) is 20.5. The lowest BCUT2D eigenvalue weighted by atomic mass is 10.0. The van der Waals surface area contributed by atoms with E-state index in [9.17, 15) is 10.0 Å². The van der Waals surface area contributed by atoms with E-state index in [-0.39, 0.29) is 5.56 Å². The Morgan fingerprint density at radius 1 is 1.12 bits per heavy atom. The Morgan fingerprint density at radius 2 is 1.81 bits per heavy atom. The summed E-state index contributed by atoms with van der Waals surface area (Å²) in [6.07, 6.45) is 1.34. The molecule has 2 aromatic rings. The highest BCUT2D eigenvalue weighted by molar-refractivity contribution is 5.95. The first-order chi connectivity index (χ1) is 7.70. The third kappa shape index (κ3) is 1.72. The van der Waals surface area contributed by atoms with Crippen LogP contribution in [-0.2, 0) is 0 Å². The van der Waals surface area contributed by atoms with E-state index in [0.717, 1.165) is 0 Å². The molecule has 0 fully saturated rings. The topological polar surface area (TPSA) is 64.2 Å². The van der Waals surface area contributed by atoms with Crippen molar-refractivity contribution in [3.05, 3.63) is 59.4 Å². The van der Waals surface area contributed by atoms with Crippen LogP contribution < -0.4 is 4.73 Å². The van der Waals surface area contributed by atoms with Crippen LogP contribution in [0, 0.1) is 5.21 Å². The Balaban J connectivity index is 2.65. The molecule has 2 rings (SSSR count). The molecule has 0 aliphatic rings. The van der Waals surface area contributed by atoms with Crippen LogP contribution in [0.4, 0.5) is 0 Å². The molecule has 16 heavy (non-hydrogen) atoms. The summed E-state index contributed by atoms with van der Waals surface area (Å²) in [5.74, 6) is -1.04. The van der Waals surface area contributed by atoms with Gasteiger partial charge in [0.05, 0.1) is 11.1 Å². The van der Waals surface area contributed by atoms with Gasteiger partial charge in [-0.1, -0.05) is 12.1 Å². The Hall–Kier alpha value is -2.36. The van der Waals surface area contributed by atoms with Gasteiger partial charge in [-0.3, -0.25) is 0 Å². The molecule has 0 aliphatic heterocycles. The molecule has 0 unspecified atom stereocenters. The van der Waals surface area contributed by atoms with Crippen molar-refractivity contribution in [1.29, 1.82) is 0 Å². The number of hydrogen-bond acceptors (Lipinski definition) is 2. The Labute approximate surface area is 92.0 Å². The van der Waals surface area contributed by atoms with Gasteiger partial charge in [0.15, 0.2) is 6.20 Å². The minimum Gasteiger partial charge on any atom is -0.618 e. The maximum absolute atomic E-state index is 11.5. The molecule has 4 heteroatoms. The van der Waals surface area contributed by atoms with E-state index in [1.807, 2.05) is 0 Å². The number of benzene rings is 1. The van der Waals surface area contributed by atoms with Crippen molar-refractivity contribution in [2.24, 2.45) is 0 Å². The number of carboxylic acids is 1. The van der Waals surface area contributed by atoms with Gasteiger partial charge in [-0.15, -0.1) is 0 Å². The zero-order valence-corrected chi connectivity index (χ0v) is 8.33. The summed E-state index contributed by atoms with van der Waals surface area (Å²) >= 11 is 0. The summed E-state index contributed by atoms with van der Waals surface area (Å²) < 4.78 is 0.655. The molecule has 0 spiro atoms. The largest absolute Gasteiger partial charge is 0.618 e. The van der Waals surface area contributed by atoms with Gasteiger partial charge in [-0.25, -0.2) is 4.79 Å². The lowest BCUT2D eigenvalue weighted by molar-refractivity contribution is -0.593. The van der Waals surface area contributed by atoms with Crippen LogP contribution >= 0.6 is 0 Å². The second kappa shape index (κ2) is 4.02. The predicted octanol–water partition coefficient (Wildman–Crippen LogP) is 1.69. The number of carboxylic acid groups (broad SMARTS) is 1. The Kier molecular flexibility index (Phi) is 2.55. The minimum atomic E-state index is -1.04. The number of nitrogens with zero attached hydrogens (tertiary/aromatic N) is 1. The van der Waals surface area contributed by atoms with Gasteiger partial charge < -0.3 is 10.3 Å². The van der Waals surface area contributed by atoms with Crippen LogP contribution in [0.15, 0.2) is 48.7 Å². The SMILES string of the molecule is O=C(O)c1ccccc1-c1cccc[n+]1[O-]. The highest BCUT2D eigenvalue weighted by atomic mass is 16.5. The van der Waals surface area contributed by atoms with Gasteiger partial charge in [0.2, 0.25) is 5.69 Å². The third-order valence-corrected chi connectivity index (χ3v) is 2.26. The molecule has 0 saturated heterocycles. The number of rotatable bonds is 2. The lowest BCUT2D eigenvalue weighted by Crippen LogP contribution is -2.28. The highest BCUT2D eigenvalue weighted by Crippen LogP contribution is 2.19. The molecule has 80 valence electrons. The van der Waals surface area contributed by atoms with Crippen LogP contribution in [0.1, 0.15) is 10.4 Å². The van der Waals surface area contributed by atoms with Crippen LogP contribution in [0.5, 0.6) is 0 Å². The van der Waals surface area contributed by atoms with Crippen molar-refractivity contribution in [2.75, 3.05) is 0 Å². The monoisotopic (exact) mass is 215 g/mol. The summed E-state index contributed by atoms with van der Waals surface area (Å²) in [4.78, 5) is 11.0. The first kappa shape index (κ1) is 10.2. The van der Waals surface area contributed by atoms with Gasteiger partial charge in [-0.2, -0.15) is 4.73 Å². The minimum absolute atomic E-state index is 0.123. The predicted molar refractivity (Wildman–Crippen MR) is 57.8 cm³/mol. The van der Waals surface area contributed by atoms with Crippen LogP contribution in [0.25, 0.3) is 11.3 Å². The standard InChI is InChI=1S/C12H9NO3/c14-12(15)10-6-2-1-5-9(10)11-7-3-4-8-13(11)16/h1-8H,(H,14,15). The van der Waals surface area contributed by atoms with Gasteiger partial charge in [0, 0.05) is 12.1 Å². The van der Waals surface area contributed by atoms with Crippen LogP contribution in [-0.4, -0.2) is 11.1 Å². The number of aromatic nitrogens is 1. The fourth-order valence-electron chi connectivity index (χ4n) is 1.53. The first-order valence-corrected chi connectivity index (χ1v) is 4.71. The van der Waals surface area contributed by atoms with E-state index in [1.165, 1.54) is 12.3 Å². The van der Waals surface area contributed by atoms with Crippen LogP contribution in [0.2, 0.25) is 0 Å². The highest BCUT2D eigenvalue weighted by Gasteiger charge is 2.16. The normalized spacial score (nSPS) is 10.0. The smallest absolute Gasteiger partial charge is 0.336 e. The molecule has 1 aromatic heterocycles. The molecule has 4 nitrogen and oxygen atoms in total. The molecule has 0 bridgehead atoms. The average Bonchev–Trinajstić information content (AvgIpc) is 2.29. The van der Waals surface area contributed by atoms with Gasteiger partial charge >= 0.3 is 5.97 Å². The maximum Gasteiger partial charge on any atom is 0.336 e. The van der Waals surface area contributed by atoms with E-state index >= 15 is 0 Å². The zero-order valence-electron chi connectivity index (χ0n) is 8.33. The van der Waals surface area contributed by atoms with Crippen molar-refractivity contribution in [3.63, 3.8) is 0 Å². The number of pyridine rings is 1. The van der Waals surface area contributed by atoms with Crippen molar-refractivity contribution < 1.29 is 14.6 Å². The molecular formula is C12H9NO3. The molecule has 0 aliphatic carbocycles. The molecule has 0 saturated carbocycles. The van der Waals surface area contributed by atoms with Gasteiger partial charge in [0.1, 0.15) is 0 Å². The molecule has 0 atom stereocenters. The fourth-order valence-corrected chi connectivity index (χ4v) is 1.53. The second-order valence-corrected chi connectivity index (χ2v) is 3.26. The second-order valence-electron chi connectivity index (χ2n) is 3.26. The lowest BCUT2D eigenvalue weighted by Gasteiger charge is -2.06. The Morgan fingerprint density at radius 3 is 2.50 bits per heavy atom. The first-order valence-electron chi connectivity index (χ1n) is 4.71. The van der Waals surface area contributed by atoms with E-state index in [0.29, 0.717) is 16.0 Å². The van der Waals surface area contributed by atoms with Crippen molar-refractivity contribution in [2.45, 2.75) is 0 Å². The summed E-state index contributed by atoms with van der Waals surface area (Å²) in [6, 6.07) is 11.3. The van der Waals surface area contributed by atoms with Crippen molar-refractivity contribution in [3.8, 4) is 11.3 Å². The van der Waals surface area contributed by atoms with E-state index in [1.54, 1.807) is 36.4 Å². The number of hydrogen-bond donors (Lipinski definition) is 1. The average molecular weight is 215 g/mol. The number of aromatic carboxylic acids is 1. The molecule has 0 radical (unpaired) electrons. The van der Waals surface area contributed by atoms with E-state index in [4.69, 9.17) is 5.11 Å². The summed E-state index contributed by atoms with van der Waals surface area (Å²) in [5.41, 5.74) is 0.879. The number of carbonyl (C=O) groups is 1. The van der Waals surface area contributed by atoms with E-state index < -0.39 is 5.97 Å². The molecule has 1 N–H and O–H groups in total. The van der Waals surface area contributed by atoms with Crippen molar-refractivity contribution in [1.82, 2.24) is 0 Å². The van der Waals surface area contributed by atoms with Gasteiger partial charge in [-0.05, 0) is 18.2 Å². The van der Waals surface area contributed by atoms with Crippen LogP contribution in [0.3, 0.4) is 0 Å². The van der Waals surface area contributed by atoms with Crippen molar-refractivity contribution >= 4 is 5.97 Å². The molecular weight excluding hydrogens is 206 g/mol. The fraction of sp³-hybridized carbons (Fsp3) is 0. The molecule has 0 amide bonds. The molecule has 1 aromatic carbocycles. The maximum atomic E-state index is 11.5. The molecule has 1 heterocycles. The zero-order chi connectivity index (χ0) is 11.5. The third-order valence-electron chi connectivity index (χ3n) is 2.26. The van der Waals surface area contributed by atoms with E-state index in [2.05, 4.69) is 0 Å². The quantitative estimate of drug-likeness (QED) is 0.612. The summed E-state index contributed by atoms with van der Waals surface area (Å²) in [6.45, 7) is 0. The Bertz CT molecular complexity index is 537. The van der Waals surface area contributed by atoms with Gasteiger partial charge in [0.25, 0.3) is 0 Å². The summed E-state index contributed by atoms with van der Waals surface area (Å²) in [7, 11) is 0.